The summed E-state index contributed by atoms with van der Waals surface area (Å²) in [6.45, 7) is 2.96. The summed E-state index contributed by atoms with van der Waals surface area (Å²) in [6, 6.07) is 12.5. The van der Waals surface area contributed by atoms with E-state index < -0.39 is 0 Å². The molecule has 0 amide bonds. The molecule has 17 heavy (non-hydrogen) atoms. The Morgan fingerprint density at radius 3 is 3.00 bits per heavy atom. The summed E-state index contributed by atoms with van der Waals surface area (Å²) in [5.74, 6) is 0.958. The van der Waals surface area contributed by atoms with Crippen molar-refractivity contribution in [2.75, 3.05) is 12.0 Å². The molecule has 0 spiro atoms. The van der Waals surface area contributed by atoms with Gasteiger partial charge in [-0.2, -0.15) is 0 Å². The van der Waals surface area contributed by atoms with Crippen molar-refractivity contribution in [2.24, 2.45) is 0 Å². The smallest absolute Gasteiger partial charge is 0.152 e. The topological polar surface area (TPSA) is 33.3 Å². The zero-order valence-corrected chi connectivity index (χ0v) is 9.86. The molecular formula is C14H16N2O. The van der Waals surface area contributed by atoms with E-state index in [0.29, 0.717) is 0 Å². The number of ether oxygens (including phenoxy) is 1. The van der Waals surface area contributed by atoms with E-state index in [2.05, 4.69) is 48.1 Å². The van der Waals surface area contributed by atoms with E-state index in [1.807, 2.05) is 6.07 Å². The zero-order valence-electron chi connectivity index (χ0n) is 9.86. The first-order valence-electron chi connectivity index (χ1n) is 6.06. The second kappa shape index (κ2) is 4.26. The van der Waals surface area contributed by atoms with Crippen LogP contribution in [0, 0.1) is 0 Å². The molecule has 1 aliphatic heterocycles. The van der Waals surface area contributed by atoms with E-state index in [1.165, 1.54) is 10.8 Å². The Labute approximate surface area is 101 Å². The van der Waals surface area contributed by atoms with Crippen molar-refractivity contribution in [1.82, 2.24) is 5.43 Å². The van der Waals surface area contributed by atoms with Crippen molar-refractivity contribution in [3.63, 3.8) is 0 Å². The van der Waals surface area contributed by atoms with Crippen molar-refractivity contribution in [1.29, 1.82) is 0 Å². The summed E-state index contributed by atoms with van der Waals surface area (Å²) in [4.78, 5) is 0. The highest BCUT2D eigenvalue weighted by Crippen LogP contribution is 2.35. The lowest BCUT2D eigenvalue weighted by atomic mass is 10.1. The Kier molecular flexibility index (Phi) is 2.61. The van der Waals surface area contributed by atoms with Gasteiger partial charge in [-0.25, -0.2) is 5.43 Å². The van der Waals surface area contributed by atoms with Gasteiger partial charge in [0.2, 0.25) is 0 Å². The van der Waals surface area contributed by atoms with Crippen LogP contribution in [0.1, 0.15) is 13.3 Å². The van der Waals surface area contributed by atoms with Crippen LogP contribution in [0.5, 0.6) is 5.75 Å². The van der Waals surface area contributed by atoms with Crippen molar-refractivity contribution in [3.8, 4) is 5.75 Å². The minimum Gasteiger partial charge on any atom is -0.486 e. The van der Waals surface area contributed by atoms with Gasteiger partial charge in [0, 0.05) is 5.39 Å². The van der Waals surface area contributed by atoms with E-state index in [1.54, 1.807) is 0 Å². The normalized spacial score (nSPS) is 19.0. The predicted molar refractivity (Wildman–Crippen MR) is 70.3 cm³/mol. The highest BCUT2D eigenvalue weighted by atomic mass is 16.5. The van der Waals surface area contributed by atoms with E-state index in [4.69, 9.17) is 4.74 Å². The first-order chi connectivity index (χ1) is 8.38. The summed E-state index contributed by atoms with van der Waals surface area (Å²) in [5, 5.41) is 2.38. The molecule has 1 heterocycles. The Morgan fingerprint density at radius 2 is 2.12 bits per heavy atom. The van der Waals surface area contributed by atoms with Gasteiger partial charge in [-0.05, 0) is 17.9 Å². The monoisotopic (exact) mass is 228 g/mol. The molecule has 3 rings (SSSR count). The number of nitrogens with one attached hydrogen (secondary N) is 2. The van der Waals surface area contributed by atoms with Crippen LogP contribution in [0.3, 0.4) is 0 Å². The summed E-state index contributed by atoms with van der Waals surface area (Å²) in [7, 11) is 0. The molecule has 0 bridgehead atoms. The first kappa shape index (κ1) is 10.4. The summed E-state index contributed by atoms with van der Waals surface area (Å²) in [6.07, 6.45) is 1.21. The second-order valence-electron chi connectivity index (χ2n) is 4.32. The Balaban J connectivity index is 2.16. The third-order valence-corrected chi connectivity index (χ3v) is 3.17. The Hall–Kier alpha value is -1.74. The highest BCUT2D eigenvalue weighted by molar-refractivity contribution is 5.93. The summed E-state index contributed by atoms with van der Waals surface area (Å²) in [5.41, 5.74) is 7.41. The summed E-state index contributed by atoms with van der Waals surface area (Å²) < 4.78 is 6.09. The van der Waals surface area contributed by atoms with Crippen LogP contribution in [0.2, 0.25) is 0 Å². The molecule has 0 fully saturated rings. The van der Waals surface area contributed by atoms with E-state index in [0.717, 1.165) is 24.4 Å². The molecule has 0 saturated carbocycles. The van der Waals surface area contributed by atoms with Crippen molar-refractivity contribution in [2.45, 2.75) is 19.4 Å². The second-order valence-corrected chi connectivity index (χ2v) is 4.32. The van der Waals surface area contributed by atoms with Gasteiger partial charge in [-0.3, -0.25) is 0 Å². The number of hydrogen-bond acceptors (Lipinski definition) is 3. The minimum atomic E-state index is 0.217. The lowest BCUT2D eigenvalue weighted by molar-refractivity contribution is 0.206. The SMILES string of the molecule is CC[C@@H]1CNNc2ccc3ccccc3c2O1. The molecule has 1 aliphatic rings. The van der Waals surface area contributed by atoms with Gasteiger partial charge in [-0.1, -0.05) is 37.3 Å². The number of rotatable bonds is 1. The van der Waals surface area contributed by atoms with Crippen LogP contribution in [0.15, 0.2) is 36.4 Å². The number of anilines is 1. The Bertz CT molecular complexity index is 539. The number of benzene rings is 2. The highest BCUT2D eigenvalue weighted by Gasteiger charge is 2.17. The molecule has 2 aromatic rings. The van der Waals surface area contributed by atoms with Crippen molar-refractivity contribution < 1.29 is 4.74 Å². The lowest BCUT2D eigenvalue weighted by Crippen LogP contribution is -2.31. The molecular weight excluding hydrogens is 212 g/mol. The first-order valence-corrected chi connectivity index (χ1v) is 6.06. The maximum absolute atomic E-state index is 6.09. The molecule has 2 aromatic carbocycles. The van der Waals surface area contributed by atoms with Crippen molar-refractivity contribution >= 4 is 16.5 Å². The zero-order chi connectivity index (χ0) is 11.7. The fraction of sp³-hybridized carbons (Fsp3) is 0.286. The minimum absolute atomic E-state index is 0.217. The average Bonchev–Trinajstić information content (AvgIpc) is 2.60. The van der Waals surface area contributed by atoms with Gasteiger partial charge < -0.3 is 10.2 Å². The number of hydrogen-bond donors (Lipinski definition) is 2. The third kappa shape index (κ3) is 1.83. The van der Waals surface area contributed by atoms with Gasteiger partial charge in [0.25, 0.3) is 0 Å². The summed E-state index contributed by atoms with van der Waals surface area (Å²) >= 11 is 0. The van der Waals surface area contributed by atoms with Crippen molar-refractivity contribution in [3.05, 3.63) is 36.4 Å². The fourth-order valence-corrected chi connectivity index (χ4v) is 2.16. The van der Waals surface area contributed by atoms with Crippen LogP contribution in [-0.4, -0.2) is 12.6 Å². The van der Waals surface area contributed by atoms with Crippen LogP contribution < -0.4 is 15.6 Å². The number of fused-ring (bicyclic) bond motifs is 3. The molecule has 88 valence electrons. The van der Waals surface area contributed by atoms with E-state index >= 15 is 0 Å². The molecule has 2 N–H and O–H groups in total. The van der Waals surface area contributed by atoms with Gasteiger partial charge >= 0.3 is 0 Å². The quantitative estimate of drug-likeness (QED) is 0.787. The van der Waals surface area contributed by atoms with Crippen LogP contribution >= 0.6 is 0 Å². The Morgan fingerprint density at radius 1 is 1.24 bits per heavy atom. The van der Waals surface area contributed by atoms with Gasteiger partial charge in [0.1, 0.15) is 6.10 Å². The average molecular weight is 228 g/mol. The maximum atomic E-state index is 6.09. The molecule has 0 aliphatic carbocycles. The molecule has 0 unspecified atom stereocenters. The molecule has 1 atom stereocenters. The molecule has 0 radical (unpaired) electrons. The van der Waals surface area contributed by atoms with E-state index in [-0.39, 0.29) is 6.10 Å². The van der Waals surface area contributed by atoms with Crippen LogP contribution in [0.25, 0.3) is 10.8 Å². The van der Waals surface area contributed by atoms with E-state index in [9.17, 15) is 0 Å². The predicted octanol–water partition coefficient (Wildman–Crippen LogP) is 2.93. The van der Waals surface area contributed by atoms with Gasteiger partial charge in [-0.15, -0.1) is 0 Å². The molecule has 0 saturated heterocycles. The number of hydrazine groups is 1. The maximum Gasteiger partial charge on any atom is 0.152 e. The lowest BCUT2D eigenvalue weighted by Gasteiger charge is -2.15. The molecule has 0 aromatic heterocycles. The molecule has 3 heteroatoms. The third-order valence-electron chi connectivity index (χ3n) is 3.17. The van der Waals surface area contributed by atoms with Crippen LogP contribution in [-0.2, 0) is 0 Å². The van der Waals surface area contributed by atoms with Gasteiger partial charge in [0.15, 0.2) is 5.75 Å². The fourth-order valence-electron chi connectivity index (χ4n) is 2.16. The molecule has 3 nitrogen and oxygen atoms in total. The standard InChI is InChI=1S/C14H16N2O/c1-2-11-9-15-16-13-8-7-10-5-3-4-6-12(10)14(13)17-11/h3-8,11,15-16H,2,9H2,1H3/t11-/m1/s1. The van der Waals surface area contributed by atoms with Gasteiger partial charge in [0.05, 0.1) is 12.2 Å². The van der Waals surface area contributed by atoms with Crippen LogP contribution in [0.4, 0.5) is 5.69 Å². The largest absolute Gasteiger partial charge is 0.486 e.